The smallest absolute Gasteiger partial charge is 0.220 e. The monoisotopic (exact) mass is 214 g/mol. The molecule has 3 heteroatoms. The predicted molar refractivity (Wildman–Crippen MR) is 64.5 cm³/mol. The molecule has 0 rings (SSSR count). The minimum atomic E-state index is 0.00765. The van der Waals surface area contributed by atoms with Crippen molar-refractivity contribution in [1.82, 2.24) is 5.32 Å². The Labute approximate surface area is 93.8 Å². The summed E-state index contributed by atoms with van der Waals surface area (Å²) in [5.41, 5.74) is 5.59. The first kappa shape index (κ1) is 14.4. The molecule has 0 aliphatic carbocycles. The van der Waals surface area contributed by atoms with Gasteiger partial charge in [-0.2, -0.15) is 0 Å². The van der Waals surface area contributed by atoms with Crippen molar-refractivity contribution in [3.63, 3.8) is 0 Å². The van der Waals surface area contributed by atoms with E-state index >= 15 is 0 Å². The van der Waals surface area contributed by atoms with Crippen molar-refractivity contribution in [3.05, 3.63) is 0 Å². The summed E-state index contributed by atoms with van der Waals surface area (Å²) in [6.07, 6.45) is 2.74. The third kappa shape index (κ3) is 8.43. The van der Waals surface area contributed by atoms with Gasteiger partial charge in [-0.3, -0.25) is 4.79 Å². The van der Waals surface area contributed by atoms with Crippen molar-refractivity contribution in [2.75, 3.05) is 13.1 Å². The molecule has 0 bridgehead atoms. The molecule has 90 valence electrons. The molecule has 0 aromatic heterocycles. The zero-order chi connectivity index (χ0) is 11.9. The Hall–Kier alpha value is -0.570. The van der Waals surface area contributed by atoms with Gasteiger partial charge in [0.05, 0.1) is 0 Å². The van der Waals surface area contributed by atoms with E-state index in [1.165, 1.54) is 0 Å². The molecule has 0 heterocycles. The van der Waals surface area contributed by atoms with Crippen LogP contribution in [0.5, 0.6) is 0 Å². The van der Waals surface area contributed by atoms with Crippen molar-refractivity contribution >= 4 is 5.91 Å². The van der Waals surface area contributed by atoms with E-state index in [0.717, 1.165) is 12.8 Å². The highest BCUT2D eigenvalue weighted by Gasteiger charge is 2.16. The molecule has 0 radical (unpaired) electrons. The van der Waals surface area contributed by atoms with Crippen LogP contribution in [-0.4, -0.2) is 19.0 Å². The summed E-state index contributed by atoms with van der Waals surface area (Å²) in [6.45, 7) is 9.73. The van der Waals surface area contributed by atoms with Gasteiger partial charge >= 0.3 is 0 Å². The molecule has 3 nitrogen and oxygen atoms in total. The fraction of sp³-hybridized carbons (Fsp3) is 0.917. The molecule has 0 aromatic carbocycles. The Bertz CT molecular complexity index is 188. The molecule has 15 heavy (non-hydrogen) atoms. The Balaban J connectivity index is 3.58. The van der Waals surface area contributed by atoms with Gasteiger partial charge in [-0.1, -0.05) is 34.1 Å². The second-order valence-electron chi connectivity index (χ2n) is 5.43. The van der Waals surface area contributed by atoms with Crippen LogP contribution in [0.3, 0.4) is 0 Å². The Morgan fingerprint density at radius 3 is 2.47 bits per heavy atom. The fourth-order valence-corrected chi connectivity index (χ4v) is 1.17. The largest absolute Gasteiger partial charge is 0.356 e. The summed E-state index contributed by atoms with van der Waals surface area (Å²) < 4.78 is 0. The third-order valence-corrected chi connectivity index (χ3v) is 2.50. The van der Waals surface area contributed by atoms with Crippen molar-refractivity contribution in [3.8, 4) is 0 Å². The first-order valence-electron chi connectivity index (χ1n) is 5.84. The summed E-state index contributed by atoms with van der Waals surface area (Å²) in [5.74, 6) is 0.829. The summed E-state index contributed by atoms with van der Waals surface area (Å²) >= 11 is 0. The summed E-state index contributed by atoms with van der Waals surface area (Å²) in [7, 11) is 0. The predicted octanol–water partition coefficient (Wildman–Crippen LogP) is 1.91. The second-order valence-corrected chi connectivity index (χ2v) is 5.43. The van der Waals surface area contributed by atoms with E-state index in [0.29, 0.717) is 25.4 Å². The van der Waals surface area contributed by atoms with Crippen molar-refractivity contribution < 1.29 is 4.79 Å². The molecule has 0 unspecified atom stereocenters. The van der Waals surface area contributed by atoms with Gasteiger partial charge in [0.15, 0.2) is 0 Å². The van der Waals surface area contributed by atoms with Crippen molar-refractivity contribution in [2.24, 2.45) is 17.1 Å². The summed E-state index contributed by atoms with van der Waals surface area (Å²) in [4.78, 5) is 11.4. The van der Waals surface area contributed by atoms with Crippen LogP contribution in [0.2, 0.25) is 0 Å². The lowest BCUT2D eigenvalue weighted by Crippen LogP contribution is -2.38. The van der Waals surface area contributed by atoms with E-state index < -0.39 is 0 Å². The number of carbonyl (C=O) groups is 1. The minimum Gasteiger partial charge on any atom is -0.356 e. The zero-order valence-corrected chi connectivity index (χ0v) is 10.6. The van der Waals surface area contributed by atoms with Gasteiger partial charge in [0, 0.05) is 13.0 Å². The number of hydrogen-bond donors (Lipinski definition) is 2. The van der Waals surface area contributed by atoms with Crippen molar-refractivity contribution in [2.45, 2.75) is 47.0 Å². The van der Waals surface area contributed by atoms with Gasteiger partial charge in [0.2, 0.25) is 5.91 Å². The lowest BCUT2D eigenvalue weighted by atomic mass is 9.94. The standard InChI is InChI=1S/C12H26N2O/c1-10(2)6-5-7-11(15)14-9-12(3,4)8-13/h10H,5-9,13H2,1-4H3,(H,14,15). The van der Waals surface area contributed by atoms with E-state index in [-0.39, 0.29) is 11.3 Å². The molecule has 3 N–H and O–H groups in total. The lowest BCUT2D eigenvalue weighted by Gasteiger charge is -2.22. The molecule has 0 saturated carbocycles. The Morgan fingerprint density at radius 1 is 1.40 bits per heavy atom. The van der Waals surface area contributed by atoms with Crippen LogP contribution in [0, 0.1) is 11.3 Å². The van der Waals surface area contributed by atoms with Crippen LogP contribution in [0.4, 0.5) is 0 Å². The molecule has 1 amide bonds. The molecular weight excluding hydrogens is 188 g/mol. The van der Waals surface area contributed by atoms with Crippen LogP contribution >= 0.6 is 0 Å². The average molecular weight is 214 g/mol. The summed E-state index contributed by atoms with van der Waals surface area (Å²) in [6, 6.07) is 0. The first-order chi connectivity index (χ1) is 6.87. The van der Waals surface area contributed by atoms with Gasteiger partial charge in [-0.25, -0.2) is 0 Å². The Morgan fingerprint density at radius 2 is 2.00 bits per heavy atom. The van der Waals surface area contributed by atoms with E-state index in [9.17, 15) is 4.79 Å². The maximum absolute atomic E-state index is 11.4. The highest BCUT2D eigenvalue weighted by Crippen LogP contribution is 2.10. The van der Waals surface area contributed by atoms with E-state index in [4.69, 9.17) is 5.73 Å². The topological polar surface area (TPSA) is 55.1 Å². The fourth-order valence-electron chi connectivity index (χ4n) is 1.17. The van der Waals surface area contributed by atoms with Gasteiger partial charge in [0.1, 0.15) is 0 Å². The quantitative estimate of drug-likeness (QED) is 0.680. The number of hydrogen-bond acceptors (Lipinski definition) is 2. The Kier molecular flexibility index (Phi) is 6.57. The number of nitrogens with one attached hydrogen (secondary N) is 1. The van der Waals surface area contributed by atoms with Crippen LogP contribution < -0.4 is 11.1 Å². The molecule has 0 fully saturated rings. The molecule has 0 spiro atoms. The maximum atomic E-state index is 11.4. The summed E-state index contributed by atoms with van der Waals surface area (Å²) in [5, 5.41) is 2.93. The van der Waals surface area contributed by atoms with E-state index in [2.05, 4.69) is 33.0 Å². The van der Waals surface area contributed by atoms with Crippen LogP contribution in [-0.2, 0) is 4.79 Å². The lowest BCUT2D eigenvalue weighted by molar-refractivity contribution is -0.121. The molecule has 0 aliphatic rings. The minimum absolute atomic E-state index is 0.00765. The SMILES string of the molecule is CC(C)CCCC(=O)NCC(C)(C)CN. The van der Waals surface area contributed by atoms with Crippen LogP contribution in [0.15, 0.2) is 0 Å². The molecule has 0 saturated heterocycles. The second kappa shape index (κ2) is 6.83. The normalized spacial score (nSPS) is 11.9. The highest BCUT2D eigenvalue weighted by molar-refractivity contribution is 5.75. The number of carbonyl (C=O) groups excluding carboxylic acids is 1. The van der Waals surface area contributed by atoms with Crippen LogP contribution in [0.1, 0.15) is 47.0 Å². The molecule has 0 aliphatic heterocycles. The number of nitrogens with two attached hydrogens (primary N) is 1. The molecular formula is C12H26N2O. The first-order valence-corrected chi connectivity index (χ1v) is 5.84. The van der Waals surface area contributed by atoms with Gasteiger partial charge in [-0.05, 0) is 24.3 Å². The van der Waals surface area contributed by atoms with Crippen molar-refractivity contribution in [1.29, 1.82) is 0 Å². The maximum Gasteiger partial charge on any atom is 0.220 e. The third-order valence-electron chi connectivity index (χ3n) is 2.50. The van der Waals surface area contributed by atoms with E-state index in [1.54, 1.807) is 0 Å². The van der Waals surface area contributed by atoms with Gasteiger partial charge in [-0.15, -0.1) is 0 Å². The van der Waals surface area contributed by atoms with E-state index in [1.807, 2.05) is 0 Å². The number of amides is 1. The van der Waals surface area contributed by atoms with Gasteiger partial charge in [0.25, 0.3) is 0 Å². The molecule has 0 atom stereocenters. The van der Waals surface area contributed by atoms with Crippen LogP contribution in [0.25, 0.3) is 0 Å². The van der Waals surface area contributed by atoms with Gasteiger partial charge < -0.3 is 11.1 Å². The number of rotatable bonds is 7. The highest BCUT2D eigenvalue weighted by atomic mass is 16.1. The zero-order valence-electron chi connectivity index (χ0n) is 10.6. The average Bonchev–Trinajstić information content (AvgIpc) is 2.14. The molecule has 0 aromatic rings.